The Morgan fingerprint density at radius 2 is 2.05 bits per heavy atom. The zero-order chi connectivity index (χ0) is 13.8. The van der Waals surface area contributed by atoms with E-state index in [-0.39, 0.29) is 6.03 Å². The second-order valence-corrected chi connectivity index (χ2v) is 5.50. The van der Waals surface area contributed by atoms with Crippen molar-refractivity contribution < 1.29 is 9.32 Å². The number of carbonyl (C=O) groups is 1. The molecule has 0 aliphatic carbocycles. The summed E-state index contributed by atoms with van der Waals surface area (Å²) in [7, 11) is 0. The van der Waals surface area contributed by atoms with Crippen molar-refractivity contribution in [2.24, 2.45) is 0 Å². The predicted molar refractivity (Wildman–Crippen MR) is 71.9 cm³/mol. The molecule has 2 N–H and O–H groups in total. The van der Waals surface area contributed by atoms with E-state index < -0.39 is 0 Å². The van der Waals surface area contributed by atoms with Crippen LogP contribution in [0.25, 0.3) is 0 Å². The molecule has 0 radical (unpaired) electrons. The number of nitrogens with one attached hydrogen (secondary N) is 2. The van der Waals surface area contributed by atoms with Gasteiger partial charge in [-0.3, -0.25) is 0 Å². The number of nitrogens with zero attached hydrogens (tertiary/aromatic N) is 2. The van der Waals surface area contributed by atoms with Crippen LogP contribution < -0.4 is 10.6 Å². The zero-order valence-electron chi connectivity index (χ0n) is 11.1. The summed E-state index contributed by atoms with van der Waals surface area (Å²) in [6.45, 7) is 6.51. The Labute approximate surface area is 115 Å². The van der Waals surface area contributed by atoms with Crippen LogP contribution in [-0.4, -0.2) is 16.2 Å². The monoisotopic (exact) mass is 280 g/mol. The van der Waals surface area contributed by atoms with Gasteiger partial charge >= 0.3 is 6.03 Å². The van der Waals surface area contributed by atoms with Gasteiger partial charge in [0.05, 0.1) is 17.2 Å². The minimum atomic E-state index is -0.217. The third-order valence-electron chi connectivity index (χ3n) is 2.70. The molecule has 0 unspecified atom stereocenters. The number of rotatable bonds is 4. The molecular weight excluding hydrogens is 264 g/mol. The molecule has 2 amide bonds. The van der Waals surface area contributed by atoms with Gasteiger partial charge in [0, 0.05) is 23.2 Å². The average Bonchev–Trinajstić information content (AvgIpc) is 2.92. The van der Waals surface area contributed by atoms with Crippen LogP contribution in [0.4, 0.5) is 4.79 Å². The summed E-state index contributed by atoms with van der Waals surface area (Å²) in [5.74, 6) is 0.732. The number of thiazole rings is 1. The average molecular weight is 280 g/mol. The number of aryl methyl sites for hydroxylation is 3. The highest BCUT2D eigenvalue weighted by Gasteiger charge is 2.10. The van der Waals surface area contributed by atoms with Crippen LogP contribution >= 0.6 is 11.3 Å². The van der Waals surface area contributed by atoms with Crippen molar-refractivity contribution in [3.05, 3.63) is 33.1 Å². The molecule has 19 heavy (non-hydrogen) atoms. The Kier molecular flexibility index (Phi) is 4.16. The maximum Gasteiger partial charge on any atom is 0.315 e. The van der Waals surface area contributed by atoms with Gasteiger partial charge in [-0.25, -0.2) is 9.78 Å². The third kappa shape index (κ3) is 3.54. The van der Waals surface area contributed by atoms with E-state index in [4.69, 9.17) is 4.52 Å². The first-order valence-electron chi connectivity index (χ1n) is 5.91. The SMILES string of the molecule is Cc1ncc(CNC(=O)NCc2c(C)noc2C)s1. The summed E-state index contributed by atoms with van der Waals surface area (Å²) in [5, 5.41) is 10.4. The van der Waals surface area contributed by atoms with E-state index in [1.165, 1.54) is 0 Å². The summed E-state index contributed by atoms with van der Waals surface area (Å²) in [5.41, 5.74) is 1.72. The van der Waals surface area contributed by atoms with Crippen LogP contribution in [0.15, 0.2) is 10.7 Å². The quantitative estimate of drug-likeness (QED) is 0.898. The number of amides is 2. The van der Waals surface area contributed by atoms with E-state index in [9.17, 15) is 4.79 Å². The van der Waals surface area contributed by atoms with Gasteiger partial charge in [0.25, 0.3) is 0 Å². The molecule has 0 spiro atoms. The van der Waals surface area contributed by atoms with E-state index in [0.717, 1.165) is 26.9 Å². The van der Waals surface area contributed by atoms with Gasteiger partial charge in [-0.15, -0.1) is 11.3 Å². The van der Waals surface area contributed by atoms with Crippen molar-refractivity contribution in [2.45, 2.75) is 33.9 Å². The van der Waals surface area contributed by atoms with E-state index in [1.54, 1.807) is 17.5 Å². The Hall–Kier alpha value is -1.89. The van der Waals surface area contributed by atoms with Gasteiger partial charge in [-0.1, -0.05) is 5.16 Å². The first-order valence-corrected chi connectivity index (χ1v) is 6.72. The molecule has 0 saturated heterocycles. The normalized spacial score (nSPS) is 10.5. The molecule has 0 fully saturated rings. The topological polar surface area (TPSA) is 80.0 Å². The molecule has 0 aliphatic rings. The molecule has 0 bridgehead atoms. The molecule has 0 aliphatic heterocycles. The van der Waals surface area contributed by atoms with Crippen molar-refractivity contribution >= 4 is 17.4 Å². The lowest BCUT2D eigenvalue weighted by molar-refractivity contribution is 0.240. The van der Waals surface area contributed by atoms with E-state index in [0.29, 0.717) is 13.1 Å². The van der Waals surface area contributed by atoms with Crippen LogP contribution in [0.2, 0.25) is 0 Å². The van der Waals surface area contributed by atoms with Gasteiger partial charge in [0.15, 0.2) is 0 Å². The summed E-state index contributed by atoms with van der Waals surface area (Å²) in [4.78, 5) is 16.8. The Balaban J connectivity index is 1.79. The van der Waals surface area contributed by atoms with Crippen LogP contribution in [0.3, 0.4) is 0 Å². The molecule has 0 atom stereocenters. The Bertz CT molecular complexity index is 557. The number of aromatic nitrogens is 2. The minimum Gasteiger partial charge on any atom is -0.361 e. The van der Waals surface area contributed by atoms with E-state index >= 15 is 0 Å². The highest BCUT2D eigenvalue weighted by molar-refractivity contribution is 7.11. The molecule has 2 rings (SSSR count). The molecule has 0 aromatic carbocycles. The molecule has 102 valence electrons. The van der Waals surface area contributed by atoms with Crippen molar-refractivity contribution in [1.29, 1.82) is 0 Å². The number of hydrogen-bond acceptors (Lipinski definition) is 5. The van der Waals surface area contributed by atoms with Gasteiger partial charge in [-0.2, -0.15) is 0 Å². The van der Waals surface area contributed by atoms with Crippen LogP contribution in [0, 0.1) is 20.8 Å². The number of urea groups is 1. The molecular formula is C12H16N4O2S. The van der Waals surface area contributed by atoms with Crippen molar-refractivity contribution in [2.75, 3.05) is 0 Å². The molecule has 2 aromatic heterocycles. The fourth-order valence-corrected chi connectivity index (χ4v) is 2.37. The van der Waals surface area contributed by atoms with E-state index in [1.807, 2.05) is 20.8 Å². The van der Waals surface area contributed by atoms with E-state index in [2.05, 4.69) is 20.8 Å². The lowest BCUT2D eigenvalue weighted by Crippen LogP contribution is -2.34. The summed E-state index contributed by atoms with van der Waals surface area (Å²) >= 11 is 1.57. The second kappa shape index (κ2) is 5.83. The van der Waals surface area contributed by atoms with Gasteiger partial charge < -0.3 is 15.2 Å². The molecule has 6 nitrogen and oxygen atoms in total. The Morgan fingerprint density at radius 3 is 2.63 bits per heavy atom. The lowest BCUT2D eigenvalue weighted by atomic mass is 10.2. The van der Waals surface area contributed by atoms with Crippen LogP contribution in [0.5, 0.6) is 0 Å². The fourth-order valence-electron chi connectivity index (χ4n) is 1.64. The molecule has 0 saturated carbocycles. The fraction of sp³-hybridized carbons (Fsp3) is 0.417. The summed E-state index contributed by atoms with van der Waals surface area (Å²) < 4.78 is 5.03. The summed E-state index contributed by atoms with van der Waals surface area (Å²) in [6.07, 6.45) is 1.77. The zero-order valence-corrected chi connectivity index (χ0v) is 11.9. The standard InChI is InChI=1S/C12H16N4O2S/c1-7-11(8(2)18-16-7)6-15-12(17)14-5-10-4-13-9(3)19-10/h4H,5-6H2,1-3H3,(H2,14,15,17). The molecule has 2 aromatic rings. The van der Waals surface area contributed by atoms with Gasteiger partial charge in [0.1, 0.15) is 5.76 Å². The first-order chi connectivity index (χ1) is 9.06. The highest BCUT2D eigenvalue weighted by atomic mass is 32.1. The van der Waals surface area contributed by atoms with Crippen molar-refractivity contribution in [1.82, 2.24) is 20.8 Å². The maximum atomic E-state index is 11.7. The maximum absolute atomic E-state index is 11.7. The highest BCUT2D eigenvalue weighted by Crippen LogP contribution is 2.12. The minimum absolute atomic E-state index is 0.217. The third-order valence-corrected chi connectivity index (χ3v) is 3.61. The molecule has 7 heteroatoms. The largest absolute Gasteiger partial charge is 0.361 e. The predicted octanol–water partition coefficient (Wildman–Crippen LogP) is 2.06. The summed E-state index contributed by atoms with van der Waals surface area (Å²) in [6, 6.07) is -0.217. The number of hydrogen-bond donors (Lipinski definition) is 2. The van der Waals surface area contributed by atoms with Gasteiger partial charge in [0.2, 0.25) is 0 Å². The second-order valence-electron chi connectivity index (χ2n) is 4.18. The van der Waals surface area contributed by atoms with Gasteiger partial charge in [-0.05, 0) is 20.8 Å². The smallest absolute Gasteiger partial charge is 0.315 e. The van der Waals surface area contributed by atoms with Crippen LogP contribution in [0.1, 0.15) is 26.9 Å². The van der Waals surface area contributed by atoms with Crippen molar-refractivity contribution in [3.63, 3.8) is 0 Å². The molecule has 2 heterocycles. The van der Waals surface area contributed by atoms with Crippen molar-refractivity contribution in [3.8, 4) is 0 Å². The first kappa shape index (κ1) is 13.5. The van der Waals surface area contributed by atoms with Crippen LogP contribution in [-0.2, 0) is 13.1 Å². The Morgan fingerprint density at radius 1 is 1.32 bits per heavy atom. The number of carbonyl (C=O) groups excluding carboxylic acids is 1. The lowest BCUT2D eigenvalue weighted by Gasteiger charge is -2.06.